The van der Waals surface area contributed by atoms with Gasteiger partial charge in [-0.15, -0.1) is 0 Å². The zero-order chi connectivity index (χ0) is 22.1. The topological polar surface area (TPSA) is 102 Å². The minimum Gasteiger partial charge on any atom is -0.400 e. The second-order valence-electron chi connectivity index (χ2n) is 7.06. The van der Waals surface area contributed by atoms with E-state index in [0.29, 0.717) is 10.7 Å². The lowest BCUT2D eigenvalue weighted by molar-refractivity contribution is -0.402. The quantitative estimate of drug-likeness (QED) is 0.238. The van der Waals surface area contributed by atoms with Crippen molar-refractivity contribution in [3.8, 4) is 0 Å². The zero-order valence-corrected chi connectivity index (χ0v) is 17.8. The van der Waals surface area contributed by atoms with Crippen LogP contribution in [0.1, 0.15) is 32.8 Å². The number of amides is 1. The van der Waals surface area contributed by atoms with Crippen LogP contribution < -0.4 is 5.01 Å². The number of carbonyl (C=O) groups is 1. The third kappa shape index (κ3) is 4.22. The van der Waals surface area contributed by atoms with Crippen molar-refractivity contribution in [1.29, 1.82) is 0 Å². The van der Waals surface area contributed by atoms with Gasteiger partial charge in [0.05, 0.1) is 22.5 Å². The van der Waals surface area contributed by atoms with E-state index < -0.39 is 10.8 Å². The maximum Gasteiger partial charge on any atom is 0.433 e. The molecule has 0 N–H and O–H groups in total. The molecule has 8 nitrogen and oxygen atoms in total. The molecule has 0 saturated heterocycles. The van der Waals surface area contributed by atoms with Gasteiger partial charge in [0.15, 0.2) is 5.76 Å². The third-order valence-electron chi connectivity index (χ3n) is 4.75. The molecule has 1 amide bonds. The number of benzene rings is 2. The van der Waals surface area contributed by atoms with Crippen LogP contribution in [-0.4, -0.2) is 22.0 Å². The number of hydrogen-bond acceptors (Lipinski definition) is 7. The van der Waals surface area contributed by atoms with Crippen LogP contribution in [0.3, 0.4) is 0 Å². The zero-order valence-electron chi connectivity index (χ0n) is 17.0. The molecule has 0 aliphatic rings. The minimum atomic E-state index is -0.634. The second-order valence-corrected chi connectivity index (χ2v) is 8.07. The van der Waals surface area contributed by atoms with E-state index in [2.05, 4.69) is 10.1 Å². The van der Waals surface area contributed by atoms with Gasteiger partial charge < -0.3 is 4.42 Å². The summed E-state index contributed by atoms with van der Waals surface area (Å²) in [7, 11) is 0. The number of rotatable bonds is 5. The SMILES string of the molecule is Cc1ccc2nc(N(/N=C/c3ccc([N+](=O)[O-])o3)C(=O)c3ccc(C)c(C)c3)sc2c1. The predicted molar refractivity (Wildman–Crippen MR) is 120 cm³/mol. The number of fused-ring (bicyclic) bond motifs is 1. The van der Waals surface area contributed by atoms with E-state index in [1.807, 2.05) is 45.0 Å². The maximum absolute atomic E-state index is 13.3. The van der Waals surface area contributed by atoms with Gasteiger partial charge in [-0.1, -0.05) is 23.5 Å². The monoisotopic (exact) mass is 434 g/mol. The molecule has 0 bridgehead atoms. The summed E-state index contributed by atoms with van der Waals surface area (Å²) in [5, 5.41) is 16.7. The molecule has 2 heterocycles. The molecular formula is C22H18N4O4S. The molecule has 0 radical (unpaired) electrons. The number of hydrazone groups is 1. The fourth-order valence-corrected chi connectivity index (χ4v) is 3.94. The molecule has 9 heteroatoms. The van der Waals surface area contributed by atoms with E-state index in [9.17, 15) is 14.9 Å². The van der Waals surface area contributed by atoms with E-state index in [0.717, 1.165) is 26.9 Å². The number of nitro groups is 1. The number of nitrogens with zero attached hydrogens (tertiary/aromatic N) is 4. The van der Waals surface area contributed by atoms with Crippen molar-refractivity contribution in [1.82, 2.24) is 4.98 Å². The number of anilines is 1. The average molecular weight is 434 g/mol. The molecule has 31 heavy (non-hydrogen) atoms. The van der Waals surface area contributed by atoms with Crippen LogP contribution in [0, 0.1) is 30.9 Å². The lowest BCUT2D eigenvalue weighted by Crippen LogP contribution is -2.25. The Morgan fingerprint density at radius 2 is 1.94 bits per heavy atom. The smallest absolute Gasteiger partial charge is 0.400 e. The van der Waals surface area contributed by atoms with Gasteiger partial charge in [-0.05, 0) is 67.8 Å². The van der Waals surface area contributed by atoms with Gasteiger partial charge in [-0.3, -0.25) is 14.9 Å². The molecule has 4 rings (SSSR count). The summed E-state index contributed by atoms with van der Waals surface area (Å²) >= 11 is 1.34. The molecule has 2 aromatic heterocycles. The van der Waals surface area contributed by atoms with E-state index in [4.69, 9.17) is 4.42 Å². The van der Waals surface area contributed by atoms with Gasteiger partial charge in [-0.25, -0.2) is 4.98 Å². The van der Waals surface area contributed by atoms with Gasteiger partial charge >= 0.3 is 5.88 Å². The number of aromatic nitrogens is 1. The Morgan fingerprint density at radius 1 is 1.13 bits per heavy atom. The summed E-state index contributed by atoms with van der Waals surface area (Å²) in [6, 6.07) is 13.9. The minimum absolute atomic E-state index is 0.154. The van der Waals surface area contributed by atoms with E-state index in [1.165, 1.54) is 34.7 Å². The molecule has 0 fully saturated rings. The Balaban J connectivity index is 1.76. The summed E-state index contributed by atoms with van der Waals surface area (Å²) in [5.41, 5.74) is 4.36. The van der Waals surface area contributed by atoms with Crippen molar-refractivity contribution in [2.24, 2.45) is 5.10 Å². The lowest BCUT2D eigenvalue weighted by Gasteiger charge is -2.14. The van der Waals surface area contributed by atoms with Gasteiger partial charge in [0.2, 0.25) is 5.13 Å². The largest absolute Gasteiger partial charge is 0.433 e. The van der Waals surface area contributed by atoms with Gasteiger partial charge in [0.1, 0.15) is 4.92 Å². The van der Waals surface area contributed by atoms with Crippen molar-refractivity contribution < 1.29 is 14.1 Å². The summed E-state index contributed by atoms with van der Waals surface area (Å²) < 4.78 is 6.05. The first kappa shape index (κ1) is 20.4. The Hall–Kier alpha value is -3.85. The molecule has 0 spiro atoms. The molecule has 0 atom stereocenters. The number of aryl methyl sites for hydroxylation is 3. The van der Waals surface area contributed by atoms with E-state index in [1.54, 1.807) is 12.1 Å². The van der Waals surface area contributed by atoms with Crippen molar-refractivity contribution in [3.63, 3.8) is 0 Å². The first-order chi connectivity index (χ1) is 14.8. The Labute approximate surface area is 181 Å². The summed E-state index contributed by atoms with van der Waals surface area (Å²) in [4.78, 5) is 28.1. The van der Waals surface area contributed by atoms with Gasteiger partial charge in [0, 0.05) is 5.56 Å². The highest BCUT2D eigenvalue weighted by atomic mass is 32.1. The Kier molecular flexibility index (Phi) is 5.35. The normalized spacial score (nSPS) is 11.3. The lowest BCUT2D eigenvalue weighted by atomic mass is 10.1. The van der Waals surface area contributed by atoms with Crippen LogP contribution in [0.2, 0.25) is 0 Å². The molecule has 4 aromatic rings. The fourth-order valence-electron chi connectivity index (χ4n) is 2.92. The second kappa shape index (κ2) is 8.11. The van der Waals surface area contributed by atoms with Crippen LogP contribution in [0.4, 0.5) is 11.0 Å². The van der Waals surface area contributed by atoms with Crippen molar-refractivity contribution in [3.05, 3.63) is 86.7 Å². The Bertz CT molecular complexity index is 1340. The van der Waals surface area contributed by atoms with E-state index >= 15 is 0 Å². The standard InChI is InChI=1S/C22H18N4O4S/c1-13-4-8-18-19(10-13)31-22(24-18)25(21(27)16-6-5-14(2)15(3)11-16)23-12-17-7-9-20(30-17)26(28)29/h4-12H,1-3H3/b23-12+. The number of carbonyl (C=O) groups excluding carboxylic acids is 1. The maximum atomic E-state index is 13.3. The Morgan fingerprint density at radius 3 is 2.65 bits per heavy atom. The van der Waals surface area contributed by atoms with Crippen molar-refractivity contribution in [2.45, 2.75) is 20.8 Å². The van der Waals surface area contributed by atoms with E-state index in [-0.39, 0.29) is 11.7 Å². The average Bonchev–Trinajstić information content (AvgIpc) is 3.37. The molecule has 0 aliphatic heterocycles. The summed E-state index contributed by atoms with van der Waals surface area (Å²) in [6.07, 6.45) is 1.27. The van der Waals surface area contributed by atoms with Gasteiger partial charge in [-0.2, -0.15) is 10.1 Å². The number of furan rings is 1. The van der Waals surface area contributed by atoms with Crippen LogP contribution in [0.25, 0.3) is 10.2 Å². The first-order valence-electron chi connectivity index (χ1n) is 9.39. The predicted octanol–water partition coefficient (Wildman–Crippen LogP) is 5.40. The highest BCUT2D eigenvalue weighted by molar-refractivity contribution is 7.22. The molecule has 2 aromatic carbocycles. The molecule has 156 valence electrons. The molecule has 0 saturated carbocycles. The molecular weight excluding hydrogens is 416 g/mol. The number of hydrogen-bond donors (Lipinski definition) is 0. The highest BCUT2D eigenvalue weighted by Crippen LogP contribution is 2.31. The third-order valence-corrected chi connectivity index (χ3v) is 5.75. The highest BCUT2D eigenvalue weighted by Gasteiger charge is 2.22. The van der Waals surface area contributed by atoms with Crippen molar-refractivity contribution >= 4 is 44.7 Å². The number of thiazole rings is 1. The first-order valence-corrected chi connectivity index (χ1v) is 10.2. The fraction of sp³-hybridized carbons (Fsp3) is 0.136. The van der Waals surface area contributed by atoms with Crippen LogP contribution in [0.15, 0.2) is 58.0 Å². The molecule has 0 aliphatic carbocycles. The van der Waals surface area contributed by atoms with Crippen LogP contribution in [0.5, 0.6) is 0 Å². The van der Waals surface area contributed by atoms with Gasteiger partial charge in [0.25, 0.3) is 5.91 Å². The van der Waals surface area contributed by atoms with Crippen molar-refractivity contribution in [2.75, 3.05) is 5.01 Å². The molecule has 0 unspecified atom stereocenters. The summed E-state index contributed by atoms with van der Waals surface area (Å²) in [6.45, 7) is 5.89. The van der Waals surface area contributed by atoms with Crippen LogP contribution >= 0.6 is 11.3 Å². The van der Waals surface area contributed by atoms with Crippen LogP contribution in [-0.2, 0) is 0 Å². The summed E-state index contributed by atoms with van der Waals surface area (Å²) in [5.74, 6) is -0.610.